The molecule has 6 heteroatoms. The molecule has 2 aliphatic rings. The van der Waals surface area contributed by atoms with Gasteiger partial charge in [-0.05, 0) is 43.4 Å². The monoisotopic (exact) mass is 351 g/mol. The number of carbonyl (C=O) groups excluding carboxylic acids is 1. The van der Waals surface area contributed by atoms with E-state index >= 15 is 0 Å². The van der Waals surface area contributed by atoms with Gasteiger partial charge in [0, 0.05) is 55.6 Å². The van der Waals surface area contributed by atoms with Crippen molar-refractivity contribution in [2.24, 2.45) is 0 Å². The summed E-state index contributed by atoms with van der Waals surface area (Å²) in [5.74, 6) is 1.32. The first-order valence-electron chi connectivity index (χ1n) is 9.56. The molecule has 1 aliphatic heterocycles. The lowest BCUT2D eigenvalue weighted by Crippen LogP contribution is -2.37. The third-order valence-corrected chi connectivity index (χ3v) is 5.26. The molecule has 6 nitrogen and oxygen atoms in total. The summed E-state index contributed by atoms with van der Waals surface area (Å²) in [6, 6.07) is 4.54. The molecule has 1 saturated carbocycles. The minimum absolute atomic E-state index is 0.247. The molecule has 1 amide bonds. The molecular formula is C20H25N5O. The SMILES string of the molecule is CCC(=O)N1CCC(c2nc(NC3CC3)ncc2-c2ccncc2)CC1. The Bertz CT molecular complexity index is 767. The van der Waals surface area contributed by atoms with Crippen LogP contribution < -0.4 is 5.32 Å². The first-order valence-corrected chi connectivity index (χ1v) is 9.56. The molecule has 2 aromatic rings. The Morgan fingerprint density at radius 1 is 1.19 bits per heavy atom. The van der Waals surface area contributed by atoms with Crippen molar-refractivity contribution < 1.29 is 4.79 Å². The van der Waals surface area contributed by atoms with Gasteiger partial charge in [0.2, 0.25) is 11.9 Å². The minimum atomic E-state index is 0.247. The molecule has 4 rings (SSSR count). The summed E-state index contributed by atoms with van der Waals surface area (Å²) in [6.07, 6.45) is 10.4. The number of likely N-dealkylation sites (tertiary alicyclic amines) is 1. The summed E-state index contributed by atoms with van der Waals surface area (Å²) in [7, 11) is 0. The van der Waals surface area contributed by atoms with E-state index in [0.717, 1.165) is 48.7 Å². The highest BCUT2D eigenvalue weighted by atomic mass is 16.2. The summed E-state index contributed by atoms with van der Waals surface area (Å²) < 4.78 is 0. The van der Waals surface area contributed by atoms with Gasteiger partial charge in [-0.25, -0.2) is 9.97 Å². The first kappa shape index (κ1) is 16.9. The lowest BCUT2D eigenvalue weighted by atomic mass is 9.89. The van der Waals surface area contributed by atoms with E-state index in [1.807, 2.05) is 30.2 Å². The highest BCUT2D eigenvalue weighted by Crippen LogP contribution is 2.35. The molecule has 2 fully saturated rings. The zero-order valence-electron chi connectivity index (χ0n) is 15.2. The van der Waals surface area contributed by atoms with Crippen LogP contribution in [-0.2, 0) is 4.79 Å². The van der Waals surface area contributed by atoms with Crippen molar-refractivity contribution in [1.29, 1.82) is 0 Å². The van der Waals surface area contributed by atoms with Crippen LogP contribution in [0.4, 0.5) is 5.95 Å². The van der Waals surface area contributed by atoms with Crippen molar-refractivity contribution in [2.45, 2.75) is 51.0 Å². The van der Waals surface area contributed by atoms with Gasteiger partial charge in [-0.2, -0.15) is 0 Å². The van der Waals surface area contributed by atoms with Crippen molar-refractivity contribution in [3.05, 3.63) is 36.4 Å². The second kappa shape index (κ2) is 7.40. The van der Waals surface area contributed by atoms with Gasteiger partial charge in [-0.1, -0.05) is 6.92 Å². The van der Waals surface area contributed by atoms with E-state index in [2.05, 4.69) is 15.3 Å². The highest BCUT2D eigenvalue weighted by molar-refractivity contribution is 5.76. The third-order valence-electron chi connectivity index (χ3n) is 5.26. The average molecular weight is 351 g/mol. The van der Waals surface area contributed by atoms with E-state index < -0.39 is 0 Å². The number of anilines is 1. The van der Waals surface area contributed by atoms with Gasteiger partial charge in [-0.15, -0.1) is 0 Å². The molecule has 136 valence electrons. The maximum atomic E-state index is 12.0. The van der Waals surface area contributed by atoms with Gasteiger partial charge in [0.1, 0.15) is 0 Å². The number of nitrogens with zero attached hydrogens (tertiary/aromatic N) is 4. The third kappa shape index (κ3) is 3.69. The molecule has 3 heterocycles. The zero-order chi connectivity index (χ0) is 17.9. The first-order chi connectivity index (χ1) is 12.7. The van der Waals surface area contributed by atoms with E-state index in [0.29, 0.717) is 18.4 Å². The molecule has 0 spiro atoms. The standard InChI is InChI=1S/C20H25N5O/c1-2-18(26)25-11-7-15(8-12-25)19-17(14-5-9-21-10-6-14)13-22-20(24-19)23-16-3-4-16/h5-6,9-10,13,15-16H,2-4,7-8,11-12H2,1H3,(H,22,23,24). The van der Waals surface area contributed by atoms with Crippen LogP contribution in [0.25, 0.3) is 11.1 Å². The van der Waals surface area contributed by atoms with Crippen LogP contribution >= 0.6 is 0 Å². The molecule has 1 aliphatic carbocycles. The van der Waals surface area contributed by atoms with Crippen molar-refractivity contribution in [2.75, 3.05) is 18.4 Å². The fourth-order valence-electron chi connectivity index (χ4n) is 3.57. The Morgan fingerprint density at radius 3 is 2.58 bits per heavy atom. The Morgan fingerprint density at radius 2 is 1.92 bits per heavy atom. The van der Waals surface area contributed by atoms with Crippen molar-refractivity contribution >= 4 is 11.9 Å². The molecule has 0 atom stereocenters. The van der Waals surface area contributed by atoms with Gasteiger partial charge in [0.15, 0.2) is 0 Å². The van der Waals surface area contributed by atoms with Crippen LogP contribution in [-0.4, -0.2) is 44.9 Å². The second-order valence-corrected chi connectivity index (χ2v) is 7.16. The highest BCUT2D eigenvalue weighted by Gasteiger charge is 2.28. The Kier molecular flexibility index (Phi) is 4.82. The number of hydrogen-bond acceptors (Lipinski definition) is 5. The maximum Gasteiger partial charge on any atom is 0.223 e. The van der Waals surface area contributed by atoms with Gasteiger partial charge < -0.3 is 10.2 Å². The molecule has 0 radical (unpaired) electrons. The minimum Gasteiger partial charge on any atom is -0.351 e. The van der Waals surface area contributed by atoms with Crippen molar-refractivity contribution in [3.63, 3.8) is 0 Å². The molecule has 0 bridgehead atoms. The maximum absolute atomic E-state index is 12.0. The zero-order valence-corrected chi connectivity index (χ0v) is 15.2. The number of carbonyl (C=O) groups is 1. The number of hydrogen-bond donors (Lipinski definition) is 1. The number of nitrogens with one attached hydrogen (secondary N) is 1. The van der Waals surface area contributed by atoms with Crippen LogP contribution in [0.15, 0.2) is 30.7 Å². The van der Waals surface area contributed by atoms with E-state index in [1.165, 1.54) is 12.8 Å². The van der Waals surface area contributed by atoms with Crippen LogP contribution in [0.1, 0.15) is 50.6 Å². The fraction of sp³-hybridized carbons (Fsp3) is 0.500. The van der Waals surface area contributed by atoms with Crippen molar-refractivity contribution in [3.8, 4) is 11.1 Å². The number of pyridine rings is 1. The van der Waals surface area contributed by atoms with Gasteiger partial charge in [0.25, 0.3) is 0 Å². The number of amides is 1. The number of rotatable bonds is 5. The second-order valence-electron chi connectivity index (χ2n) is 7.16. The topological polar surface area (TPSA) is 71.0 Å². The van der Waals surface area contributed by atoms with Crippen LogP contribution in [0.5, 0.6) is 0 Å². The summed E-state index contributed by atoms with van der Waals surface area (Å²) in [5.41, 5.74) is 3.27. The van der Waals surface area contributed by atoms with E-state index in [4.69, 9.17) is 4.98 Å². The summed E-state index contributed by atoms with van der Waals surface area (Å²) in [6.45, 7) is 3.54. The Labute approximate surface area is 154 Å². The lowest BCUT2D eigenvalue weighted by molar-refractivity contribution is -0.131. The molecule has 0 unspecified atom stereocenters. The lowest BCUT2D eigenvalue weighted by Gasteiger charge is -2.32. The van der Waals surface area contributed by atoms with Crippen LogP contribution in [0.3, 0.4) is 0 Å². The number of piperidine rings is 1. The van der Waals surface area contributed by atoms with E-state index in [1.54, 1.807) is 12.4 Å². The molecular weight excluding hydrogens is 326 g/mol. The van der Waals surface area contributed by atoms with E-state index in [-0.39, 0.29) is 5.91 Å². The largest absolute Gasteiger partial charge is 0.351 e. The van der Waals surface area contributed by atoms with Crippen LogP contribution in [0, 0.1) is 0 Å². The van der Waals surface area contributed by atoms with Gasteiger partial charge >= 0.3 is 0 Å². The smallest absolute Gasteiger partial charge is 0.223 e. The summed E-state index contributed by atoms with van der Waals surface area (Å²) in [4.78, 5) is 27.5. The fourth-order valence-corrected chi connectivity index (χ4v) is 3.57. The molecule has 26 heavy (non-hydrogen) atoms. The predicted octanol–water partition coefficient (Wildman–Crippen LogP) is 3.23. The summed E-state index contributed by atoms with van der Waals surface area (Å²) >= 11 is 0. The van der Waals surface area contributed by atoms with E-state index in [9.17, 15) is 4.79 Å². The Balaban J connectivity index is 1.61. The Hall–Kier alpha value is -2.50. The van der Waals surface area contributed by atoms with Crippen molar-refractivity contribution in [1.82, 2.24) is 19.9 Å². The predicted molar refractivity (Wildman–Crippen MR) is 101 cm³/mol. The normalized spacial score (nSPS) is 18.0. The average Bonchev–Trinajstić information content (AvgIpc) is 3.52. The van der Waals surface area contributed by atoms with Gasteiger partial charge in [0.05, 0.1) is 5.69 Å². The number of aromatic nitrogens is 3. The van der Waals surface area contributed by atoms with Crippen LogP contribution in [0.2, 0.25) is 0 Å². The molecule has 0 aromatic carbocycles. The quantitative estimate of drug-likeness (QED) is 0.895. The van der Waals surface area contributed by atoms with Gasteiger partial charge in [-0.3, -0.25) is 9.78 Å². The molecule has 1 N–H and O–H groups in total. The molecule has 1 saturated heterocycles. The molecule has 2 aromatic heterocycles. The summed E-state index contributed by atoms with van der Waals surface area (Å²) in [5, 5.41) is 3.41.